The molecule has 96 valence electrons. The lowest BCUT2D eigenvalue weighted by Gasteiger charge is -2.17. The second-order valence-corrected chi connectivity index (χ2v) is 5.74. The van der Waals surface area contributed by atoms with Crippen LogP contribution in [-0.4, -0.2) is 13.1 Å². The Morgan fingerprint density at radius 2 is 2.00 bits per heavy atom. The molecule has 1 heterocycles. The summed E-state index contributed by atoms with van der Waals surface area (Å²) in [5, 5.41) is 7.84. The van der Waals surface area contributed by atoms with Crippen molar-refractivity contribution in [3.05, 3.63) is 57.3 Å². The van der Waals surface area contributed by atoms with E-state index in [4.69, 9.17) is 0 Å². The molecule has 2 rings (SSSR count). The van der Waals surface area contributed by atoms with Crippen LogP contribution in [0.5, 0.6) is 0 Å². The number of hydrogen-bond acceptors (Lipinski definition) is 2. The maximum absolute atomic E-state index is 3.44. The van der Waals surface area contributed by atoms with Crippen molar-refractivity contribution in [1.29, 1.82) is 0 Å². The molecular weight excluding hydrogens is 238 g/mol. The van der Waals surface area contributed by atoms with Gasteiger partial charge in [0.2, 0.25) is 0 Å². The molecule has 1 N–H and O–H groups in total. The summed E-state index contributed by atoms with van der Waals surface area (Å²) in [6.07, 6.45) is 2.20. The summed E-state index contributed by atoms with van der Waals surface area (Å²) in [5.41, 5.74) is 5.64. The average Bonchev–Trinajstić information content (AvgIpc) is 2.85. The molecule has 0 aliphatic carbocycles. The van der Waals surface area contributed by atoms with Gasteiger partial charge in [-0.3, -0.25) is 0 Å². The Morgan fingerprint density at radius 3 is 2.67 bits per heavy atom. The van der Waals surface area contributed by atoms with E-state index in [1.807, 2.05) is 0 Å². The van der Waals surface area contributed by atoms with Crippen molar-refractivity contribution in [2.45, 2.75) is 32.7 Å². The molecular formula is C16H21NS. The second-order valence-electron chi connectivity index (χ2n) is 4.96. The van der Waals surface area contributed by atoms with Crippen LogP contribution in [0.25, 0.3) is 0 Å². The van der Waals surface area contributed by atoms with Crippen LogP contribution >= 0.6 is 11.3 Å². The molecule has 0 saturated heterocycles. The zero-order chi connectivity index (χ0) is 13.0. The lowest BCUT2D eigenvalue weighted by atomic mass is 9.96. The van der Waals surface area contributed by atoms with Gasteiger partial charge in [0, 0.05) is 6.04 Å². The highest BCUT2D eigenvalue weighted by molar-refractivity contribution is 7.07. The summed E-state index contributed by atoms with van der Waals surface area (Å²) < 4.78 is 0. The van der Waals surface area contributed by atoms with E-state index in [-0.39, 0.29) is 0 Å². The summed E-state index contributed by atoms with van der Waals surface area (Å²) in [6, 6.07) is 9.46. The highest BCUT2D eigenvalue weighted by atomic mass is 32.1. The fourth-order valence-corrected chi connectivity index (χ4v) is 2.94. The van der Waals surface area contributed by atoms with Gasteiger partial charge in [0.05, 0.1) is 0 Å². The average molecular weight is 259 g/mol. The van der Waals surface area contributed by atoms with Crippen molar-refractivity contribution in [3.8, 4) is 0 Å². The van der Waals surface area contributed by atoms with Gasteiger partial charge >= 0.3 is 0 Å². The predicted octanol–water partition coefficient (Wildman–Crippen LogP) is 3.74. The zero-order valence-corrected chi connectivity index (χ0v) is 12.2. The van der Waals surface area contributed by atoms with Crippen molar-refractivity contribution in [1.82, 2.24) is 5.32 Å². The van der Waals surface area contributed by atoms with E-state index in [1.165, 1.54) is 22.3 Å². The fourth-order valence-electron chi connectivity index (χ4n) is 2.26. The molecule has 1 atom stereocenters. The largest absolute Gasteiger partial charge is 0.316 e. The highest BCUT2D eigenvalue weighted by Gasteiger charge is 2.10. The third-order valence-electron chi connectivity index (χ3n) is 3.44. The maximum atomic E-state index is 3.44. The molecule has 0 aliphatic rings. The van der Waals surface area contributed by atoms with Gasteiger partial charge < -0.3 is 5.32 Å². The van der Waals surface area contributed by atoms with Crippen molar-refractivity contribution in [2.24, 2.45) is 0 Å². The zero-order valence-electron chi connectivity index (χ0n) is 11.4. The van der Waals surface area contributed by atoms with Gasteiger partial charge in [0.1, 0.15) is 0 Å². The third-order valence-corrected chi connectivity index (χ3v) is 4.17. The Labute approximate surface area is 114 Å². The van der Waals surface area contributed by atoms with E-state index < -0.39 is 0 Å². The van der Waals surface area contributed by atoms with Crippen molar-refractivity contribution < 1.29 is 0 Å². The van der Waals surface area contributed by atoms with Crippen molar-refractivity contribution in [2.75, 3.05) is 7.05 Å². The normalized spacial score (nSPS) is 12.6. The number of likely N-dealkylation sites (N-methyl/N-ethyl adjacent to an activating group) is 1. The van der Waals surface area contributed by atoms with Gasteiger partial charge in [-0.05, 0) is 67.3 Å². The molecule has 0 amide bonds. The molecule has 0 bridgehead atoms. The quantitative estimate of drug-likeness (QED) is 0.862. The third kappa shape index (κ3) is 3.44. The first-order valence-corrected chi connectivity index (χ1v) is 7.38. The molecule has 1 aromatic carbocycles. The Kier molecular flexibility index (Phi) is 4.56. The lowest BCUT2D eigenvalue weighted by molar-refractivity contribution is 0.556. The Balaban J connectivity index is 2.07. The van der Waals surface area contributed by atoms with E-state index in [1.54, 1.807) is 11.3 Å². The summed E-state index contributed by atoms with van der Waals surface area (Å²) in [4.78, 5) is 0. The van der Waals surface area contributed by atoms with Crippen molar-refractivity contribution in [3.63, 3.8) is 0 Å². The van der Waals surface area contributed by atoms with Crippen LogP contribution in [0.4, 0.5) is 0 Å². The van der Waals surface area contributed by atoms with Crippen LogP contribution in [0.15, 0.2) is 35.0 Å². The van der Waals surface area contributed by atoms with Crippen LogP contribution in [-0.2, 0) is 12.8 Å². The second kappa shape index (κ2) is 6.17. The number of aryl methyl sites for hydroxylation is 2. The van der Waals surface area contributed by atoms with Crippen LogP contribution < -0.4 is 5.32 Å². The maximum Gasteiger partial charge on any atom is 0.0145 e. The molecule has 0 saturated carbocycles. The SMILES string of the molecule is CNC(Cc1ccsc1)Cc1cc(C)ccc1C. The van der Waals surface area contributed by atoms with Gasteiger partial charge in [-0.2, -0.15) is 11.3 Å². The number of benzene rings is 1. The minimum absolute atomic E-state index is 0.514. The molecule has 0 fully saturated rings. The number of rotatable bonds is 5. The van der Waals surface area contributed by atoms with Gasteiger partial charge in [-0.1, -0.05) is 23.8 Å². The summed E-state index contributed by atoms with van der Waals surface area (Å²) >= 11 is 1.78. The minimum Gasteiger partial charge on any atom is -0.316 e. The van der Waals surface area contributed by atoms with Gasteiger partial charge in [-0.15, -0.1) is 0 Å². The highest BCUT2D eigenvalue weighted by Crippen LogP contribution is 2.16. The Morgan fingerprint density at radius 1 is 1.17 bits per heavy atom. The lowest BCUT2D eigenvalue weighted by Crippen LogP contribution is -2.30. The predicted molar refractivity (Wildman–Crippen MR) is 80.5 cm³/mol. The van der Waals surface area contributed by atoms with E-state index >= 15 is 0 Å². The van der Waals surface area contributed by atoms with E-state index in [0.29, 0.717) is 6.04 Å². The van der Waals surface area contributed by atoms with Gasteiger partial charge in [0.15, 0.2) is 0 Å². The first kappa shape index (κ1) is 13.3. The molecule has 1 unspecified atom stereocenters. The molecule has 0 radical (unpaired) electrons. The monoisotopic (exact) mass is 259 g/mol. The van der Waals surface area contributed by atoms with E-state index in [2.05, 4.69) is 61.2 Å². The van der Waals surface area contributed by atoms with Crippen LogP contribution in [0, 0.1) is 13.8 Å². The topological polar surface area (TPSA) is 12.0 Å². The van der Waals surface area contributed by atoms with Crippen molar-refractivity contribution >= 4 is 11.3 Å². The molecule has 0 spiro atoms. The number of nitrogens with one attached hydrogen (secondary N) is 1. The molecule has 2 aromatic rings. The smallest absolute Gasteiger partial charge is 0.0145 e. The Hall–Kier alpha value is -1.12. The van der Waals surface area contributed by atoms with Gasteiger partial charge in [0.25, 0.3) is 0 Å². The summed E-state index contributed by atoms with van der Waals surface area (Å²) in [5.74, 6) is 0. The van der Waals surface area contributed by atoms with E-state index in [0.717, 1.165) is 12.8 Å². The molecule has 1 aromatic heterocycles. The Bertz CT molecular complexity index is 488. The molecule has 2 heteroatoms. The summed E-state index contributed by atoms with van der Waals surface area (Å²) in [6.45, 7) is 4.36. The molecule has 0 aliphatic heterocycles. The molecule has 18 heavy (non-hydrogen) atoms. The minimum atomic E-state index is 0.514. The van der Waals surface area contributed by atoms with E-state index in [9.17, 15) is 0 Å². The van der Waals surface area contributed by atoms with Crippen LogP contribution in [0.1, 0.15) is 22.3 Å². The molecule has 1 nitrogen and oxygen atoms in total. The standard InChI is InChI=1S/C16H21NS/c1-12-4-5-13(2)15(8-12)10-16(17-3)9-14-6-7-18-11-14/h4-8,11,16-17H,9-10H2,1-3H3. The van der Waals surface area contributed by atoms with Crippen LogP contribution in [0.3, 0.4) is 0 Å². The first-order valence-electron chi connectivity index (χ1n) is 6.43. The van der Waals surface area contributed by atoms with Gasteiger partial charge in [-0.25, -0.2) is 0 Å². The first-order chi connectivity index (χ1) is 8.69. The number of thiophene rings is 1. The number of hydrogen-bond donors (Lipinski definition) is 1. The summed E-state index contributed by atoms with van der Waals surface area (Å²) in [7, 11) is 2.06. The van der Waals surface area contributed by atoms with Crippen LogP contribution in [0.2, 0.25) is 0 Å². The fraction of sp³-hybridized carbons (Fsp3) is 0.375.